The van der Waals surface area contributed by atoms with Crippen LogP contribution < -0.4 is 10.1 Å². The number of nitriles is 1. The van der Waals surface area contributed by atoms with Gasteiger partial charge in [0.05, 0.1) is 15.2 Å². The van der Waals surface area contributed by atoms with Crippen LogP contribution in [0, 0.1) is 18.3 Å². The number of hydrogen-bond acceptors (Lipinski definition) is 3. The molecule has 0 bridgehead atoms. The van der Waals surface area contributed by atoms with Crippen molar-refractivity contribution in [2.75, 3.05) is 5.32 Å². The van der Waals surface area contributed by atoms with Crippen molar-refractivity contribution in [1.29, 1.82) is 5.26 Å². The summed E-state index contributed by atoms with van der Waals surface area (Å²) in [5, 5.41) is 12.8. The van der Waals surface area contributed by atoms with Crippen molar-refractivity contribution in [3.05, 3.63) is 96.9 Å². The van der Waals surface area contributed by atoms with Crippen LogP contribution in [-0.4, -0.2) is 5.91 Å². The lowest BCUT2D eigenvalue weighted by Crippen LogP contribution is -2.14. The number of halogens is 3. The molecule has 0 spiro atoms. The van der Waals surface area contributed by atoms with E-state index in [0.717, 1.165) is 15.6 Å². The van der Waals surface area contributed by atoms with Gasteiger partial charge in [-0.1, -0.05) is 70.0 Å². The fourth-order valence-corrected chi connectivity index (χ4v) is 4.49. The second kappa shape index (κ2) is 10.6. The molecule has 0 aliphatic heterocycles. The van der Waals surface area contributed by atoms with Gasteiger partial charge >= 0.3 is 0 Å². The predicted octanol–water partition coefficient (Wildman–Crippen LogP) is 7.30. The van der Waals surface area contributed by atoms with E-state index in [-0.39, 0.29) is 5.57 Å². The molecule has 0 heterocycles. The Hall–Kier alpha value is -2.59. The van der Waals surface area contributed by atoms with Gasteiger partial charge in [-0.2, -0.15) is 5.26 Å². The van der Waals surface area contributed by atoms with Crippen LogP contribution in [0.15, 0.2) is 75.2 Å². The van der Waals surface area contributed by atoms with Gasteiger partial charge in [0.1, 0.15) is 24.0 Å². The Morgan fingerprint density at radius 2 is 1.90 bits per heavy atom. The molecule has 7 heteroatoms. The number of carbonyl (C=O) groups is 1. The van der Waals surface area contributed by atoms with Crippen molar-refractivity contribution >= 4 is 61.1 Å². The van der Waals surface area contributed by atoms with Crippen molar-refractivity contribution in [3.8, 4) is 11.8 Å². The van der Waals surface area contributed by atoms with Gasteiger partial charge in [0.15, 0.2) is 0 Å². The van der Waals surface area contributed by atoms with Crippen molar-refractivity contribution in [3.63, 3.8) is 0 Å². The van der Waals surface area contributed by atoms with Gasteiger partial charge in [-0.3, -0.25) is 4.79 Å². The topological polar surface area (TPSA) is 62.1 Å². The number of aryl methyl sites for hydroxylation is 1. The minimum absolute atomic E-state index is 0.0751. The van der Waals surface area contributed by atoms with Crippen LogP contribution in [0.4, 0.5) is 5.69 Å². The zero-order chi connectivity index (χ0) is 22.4. The molecule has 0 saturated heterocycles. The summed E-state index contributed by atoms with van der Waals surface area (Å²) in [6.07, 6.45) is 1.50. The maximum atomic E-state index is 12.8. The molecule has 31 heavy (non-hydrogen) atoms. The Bertz CT molecular complexity index is 1170. The molecule has 3 aromatic carbocycles. The Kier molecular flexibility index (Phi) is 7.91. The van der Waals surface area contributed by atoms with E-state index in [4.69, 9.17) is 16.3 Å². The highest BCUT2D eigenvalue weighted by atomic mass is 79.9. The summed E-state index contributed by atoms with van der Waals surface area (Å²) in [6, 6.07) is 20.6. The average molecular weight is 561 g/mol. The molecule has 0 unspecified atom stereocenters. The number of nitrogens with zero attached hydrogens (tertiary/aromatic N) is 1. The van der Waals surface area contributed by atoms with Crippen LogP contribution in [0.5, 0.6) is 5.75 Å². The van der Waals surface area contributed by atoms with Crippen LogP contribution in [0.1, 0.15) is 16.7 Å². The molecule has 3 rings (SSSR count). The number of anilines is 1. The first kappa shape index (κ1) is 23.1. The summed E-state index contributed by atoms with van der Waals surface area (Å²) >= 11 is 13.2. The van der Waals surface area contributed by atoms with Crippen molar-refractivity contribution in [1.82, 2.24) is 0 Å². The van der Waals surface area contributed by atoms with Gasteiger partial charge in [-0.15, -0.1) is 0 Å². The highest BCUT2D eigenvalue weighted by Crippen LogP contribution is 2.35. The van der Waals surface area contributed by atoms with E-state index in [9.17, 15) is 10.1 Å². The lowest BCUT2D eigenvalue weighted by atomic mass is 10.1. The molecule has 1 N–H and O–H groups in total. The number of rotatable bonds is 6. The summed E-state index contributed by atoms with van der Waals surface area (Å²) in [5.74, 6) is -0.0228. The molecule has 0 atom stereocenters. The average Bonchev–Trinajstić information content (AvgIpc) is 2.74. The largest absolute Gasteiger partial charge is 0.487 e. The van der Waals surface area contributed by atoms with E-state index in [1.165, 1.54) is 6.08 Å². The molecule has 1 amide bonds. The lowest BCUT2D eigenvalue weighted by Gasteiger charge is -2.13. The van der Waals surface area contributed by atoms with Crippen LogP contribution >= 0.6 is 43.5 Å². The molecular weight excluding hydrogens is 544 g/mol. The summed E-state index contributed by atoms with van der Waals surface area (Å²) in [5.41, 5.74) is 2.79. The zero-order valence-corrected chi connectivity index (χ0v) is 20.4. The number of ether oxygens (including phenoxy) is 1. The van der Waals surface area contributed by atoms with Crippen LogP contribution in [-0.2, 0) is 11.4 Å². The van der Waals surface area contributed by atoms with E-state index < -0.39 is 5.91 Å². The van der Waals surface area contributed by atoms with Crippen molar-refractivity contribution in [2.24, 2.45) is 0 Å². The summed E-state index contributed by atoms with van der Waals surface area (Å²) in [7, 11) is 0. The highest BCUT2D eigenvalue weighted by Gasteiger charge is 2.16. The normalized spacial score (nSPS) is 11.0. The Morgan fingerprint density at radius 1 is 1.16 bits per heavy atom. The monoisotopic (exact) mass is 558 g/mol. The molecule has 4 nitrogen and oxygen atoms in total. The molecule has 0 saturated carbocycles. The standard InChI is InChI=1S/C24H17Br2ClN2O2/c1-15-6-5-9-21(27)22(15)29-24(30)18(13-28)10-17-11-19(25)12-20(26)23(17)31-14-16-7-3-2-4-8-16/h2-12H,14H2,1H3,(H,29,30)/b18-10+. The molecule has 0 fully saturated rings. The van der Waals surface area contributed by atoms with Gasteiger partial charge in [-0.05, 0) is 58.3 Å². The fraction of sp³-hybridized carbons (Fsp3) is 0.0833. The molecule has 0 aromatic heterocycles. The number of nitrogens with one attached hydrogen (secondary N) is 1. The summed E-state index contributed by atoms with van der Waals surface area (Å²) in [4.78, 5) is 12.8. The number of carbonyl (C=O) groups excluding carboxylic acids is 1. The number of benzene rings is 3. The highest BCUT2D eigenvalue weighted by molar-refractivity contribution is 9.11. The van der Waals surface area contributed by atoms with Gasteiger partial charge in [0.25, 0.3) is 5.91 Å². The van der Waals surface area contributed by atoms with Crippen LogP contribution in [0.2, 0.25) is 5.02 Å². The Labute approximate surface area is 202 Å². The van der Waals surface area contributed by atoms with E-state index in [1.807, 2.05) is 55.5 Å². The smallest absolute Gasteiger partial charge is 0.266 e. The quantitative estimate of drug-likeness (QED) is 0.254. The maximum absolute atomic E-state index is 12.8. The van der Waals surface area contributed by atoms with Crippen LogP contribution in [0.25, 0.3) is 6.08 Å². The molecule has 3 aromatic rings. The first-order valence-electron chi connectivity index (χ1n) is 9.23. The third-order valence-electron chi connectivity index (χ3n) is 4.39. The third-order valence-corrected chi connectivity index (χ3v) is 5.75. The second-order valence-corrected chi connectivity index (χ2v) is 8.81. The first-order chi connectivity index (χ1) is 14.9. The second-order valence-electron chi connectivity index (χ2n) is 6.64. The van der Waals surface area contributed by atoms with E-state index in [0.29, 0.717) is 33.1 Å². The van der Waals surface area contributed by atoms with Gasteiger partial charge < -0.3 is 10.1 Å². The van der Waals surface area contributed by atoms with E-state index in [1.54, 1.807) is 18.2 Å². The molecular formula is C24H17Br2ClN2O2. The fourth-order valence-electron chi connectivity index (χ4n) is 2.84. The Balaban J connectivity index is 1.92. The number of amides is 1. The van der Waals surface area contributed by atoms with Gasteiger partial charge in [-0.25, -0.2) is 0 Å². The SMILES string of the molecule is Cc1cccc(Cl)c1NC(=O)/C(C#N)=C/c1cc(Br)cc(Br)c1OCc1ccccc1. The molecule has 0 aliphatic rings. The van der Waals surface area contributed by atoms with Crippen molar-refractivity contribution < 1.29 is 9.53 Å². The maximum Gasteiger partial charge on any atom is 0.266 e. The number of hydrogen-bond donors (Lipinski definition) is 1. The van der Waals surface area contributed by atoms with Gasteiger partial charge in [0, 0.05) is 10.0 Å². The minimum atomic E-state index is -0.552. The Morgan fingerprint density at radius 3 is 2.58 bits per heavy atom. The van der Waals surface area contributed by atoms with E-state index in [2.05, 4.69) is 37.2 Å². The van der Waals surface area contributed by atoms with E-state index >= 15 is 0 Å². The summed E-state index contributed by atoms with van der Waals surface area (Å²) < 4.78 is 7.49. The predicted molar refractivity (Wildman–Crippen MR) is 131 cm³/mol. The lowest BCUT2D eigenvalue weighted by molar-refractivity contribution is -0.112. The van der Waals surface area contributed by atoms with Crippen molar-refractivity contribution in [2.45, 2.75) is 13.5 Å². The molecule has 0 aliphatic carbocycles. The molecule has 156 valence electrons. The summed E-state index contributed by atoms with van der Waals surface area (Å²) in [6.45, 7) is 2.17. The zero-order valence-electron chi connectivity index (χ0n) is 16.5. The third kappa shape index (κ3) is 5.98. The van der Waals surface area contributed by atoms with Crippen LogP contribution in [0.3, 0.4) is 0 Å². The minimum Gasteiger partial charge on any atom is -0.487 e. The first-order valence-corrected chi connectivity index (χ1v) is 11.2. The number of para-hydroxylation sites is 1. The van der Waals surface area contributed by atoms with Gasteiger partial charge in [0.2, 0.25) is 0 Å². The molecule has 0 radical (unpaired) electrons.